The molecule has 2 aromatic carbocycles. The highest BCUT2D eigenvalue weighted by Crippen LogP contribution is 2.40. The number of benzene rings is 2. The maximum absolute atomic E-state index is 13.6. The molecular weight excluding hydrogens is 619 g/mol. The number of nitrogens with two attached hydrogens (primary N) is 1. The van der Waals surface area contributed by atoms with Crippen molar-refractivity contribution in [2.45, 2.75) is 13.1 Å². The van der Waals surface area contributed by atoms with Crippen molar-refractivity contribution in [1.82, 2.24) is 19.9 Å². The first-order valence-electron chi connectivity index (χ1n) is 14.2. The Hall–Kier alpha value is -5.66. The van der Waals surface area contributed by atoms with Crippen molar-refractivity contribution in [3.8, 4) is 51.3 Å². The number of halogens is 3. The zero-order chi connectivity index (χ0) is 33.9. The highest BCUT2D eigenvalue weighted by molar-refractivity contribution is 5.98. The van der Waals surface area contributed by atoms with Crippen LogP contribution < -0.4 is 34.7 Å². The summed E-state index contributed by atoms with van der Waals surface area (Å²) in [5, 5.41) is 7.52. The maximum atomic E-state index is 13.6. The van der Waals surface area contributed by atoms with E-state index >= 15 is 0 Å². The van der Waals surface area contributed by atoms with Crippen LogP contribution in [0.1, 0.15) is 21.5 Å². The minimum absolute atomic E-state index is 0.128. The average Bonchev–Trinajstić information content (AvgIpc) is 3.40. The van der Waals surface area contributed by atoms with Crippen LogP contribution in [0, 0.1) is 6.92 Å². The normalized spacial score (nSPS) is 11.3. The monoisotopic (exact) mass is 651 g/mol. The first-order valence-corrected chi connectivity index (χ1v) is 14.2. The second-order valence-electron chi connectivity index (χ2n) is 10.2. The lowest BCUT2D eigenvalue weighted by Gasteiger charge is -2.16. The van der Waals surface area contributed by atoms with Crippen molar-refractivity contribution in [1.29, 1.82) is 0 Å². The Morgan fingerprint density at radius 2 is 1.60 bits per heavy atom. The van der Waals surface area contributed by atoms with Crippen LogP contribution in [0.4, 0.5) is 19.0 Å². The van der Waals surface area contributed by atoms with Gasteiger partial charge in [-0.05, 0) is 67.1 Å². The minimum atomic E-state index is -4.66. The van der Waals surface area contributed by atoms with Crippen LogP contribution >= 0.6 is 0 Å². The van der Waals surface area contributed by atoms with Gasteiger partial charge in [0.2, 0.25) is 5.75 Å². The molecule has 0 spiro atoms. The number of carbonyl (C=O) groups is 1. The Balaban J connectivity index is 1.33. The number of nitrogens with one attached hydrogen (secondary N) is 1. The van der Waals surface area contributed by atoms with Crippen LogP contribution in [0.5, 0.6) is 28.7 Å². The Morgan fingerprint density at radius 3 is 2.28 bits per heavy atom. The summed E-state index contributed by atoms with van der Waals surface area (Å²) in [7, 11) is 5.87. The summed E-state index contributed by atoms with van der Waals surface area (Å²) in [6.45, 7) is 2.09. The summed E-state index contributed by atoms with van der Waals surface area (Å²) in [4.78, 5) is 16.7. The summed E-state index contributed by atoms with van der Waals surface area (Å²) in [5.74, 6) is 0.838. The van der Waals surface area contributed by atoms with Gasteiger partial charge < -0.3 is 34.7 Å². The van der Waals surface area contributed by atoms with Crippen LogP contribution in [0.2, 0.25) is 0 Å². The number of fused-ring (bicyclic) bond motifs is 1. The number of carbonyl (C=O) groups excluding carboxylic acids is 1. The maximum Gasteiger partial charge on any atom is 0.419 e. The molecule has 0 unspecified atom stereocenters. The van der Waals surface area contributed by atoms with Gasteiger partial charge in [-0.2, -0.15) is 18.3 Å². The highest BCUT2D eigenvalue weighted by atomic mass is 19.4. The molecule has 0 bridgehead atoms. The molecule has 0 aliphatic rings. The molecule has 11 nitrogen and oxygen atoms in total. The molecule has 1 amide bonds. The number of hydrogen-bond donors (Lipinski definition) is 2. The number of methoxy groups -OCH3 is 4. The van der Waals surface area contributed by atoms with Gasteiger partial charge in [0, 0.05) is 17.3 Å². The van der Waals surface area contributed by atoms with Gasteiger partial charge in [-0.3, -0.25) is 4.79 Å². The quantitative estimate of drug-likeness (QED) is 0.170. The Bertz CT molecular complexity index is 1940. The first kappa shape index (κ1) is 32.7. The number of nitrogens with zero attached hydrogens (tertiary/aromatic N) is 3. The molecule has 0 fully saturated rings. The Kier molecular flexibility index (Phi) is 9.31. The van der Waals surface area contributed by atoms with Gasteiger partial charge in [-0.25, -0.2) is 9.50 Å². The summed E-state index contributed by atoms with van der Waals surface area (Å²) in [6.07, 6.45) is -3.35. The van der Waals surface area contributed by atoms with E-state index in [1.807, 2.05) is 12.1 Å². The fraction of sp³-hybridized carbons (Fsp3) is 0.242. The van der Waals surface area contributed by atoms with Gasteiger partial charge >= 0.3 is 6.18 Å². The van der Waals surface area contributed by atoms with E-state index in [9.17, 15) is 18.0 Å². The fourth-order valence-corrected chi connectivity index (χ4v) is 5.16. The summed E-state index contributed by atoms with van der Waals surface area (Å²) in [5.41, 5.74) is 8.07. The smallest absolute Gasteiger partial charge is 0.419 e. The minimum Gasteiger partial charge on any atom is -0.493 e. The van der Waals surface area contributed by atoms with E-state index in [0.717, 1.165) is 6.07 Å². The van der Waals surface area contributed by atoms with Gasteiger partial charge in [0.1, 0.15) is 12.4 Å². The number of rotatable bonds is 11. The summed E-state index contributed by atoms with van der Waals surface area (Å²) in [6, 6.07) is 14.8. The molecule has 0 saturated carbocycles. The molecule has 3 aromatic heterocycles. The second kappa shape index (κ2) is 13.4. The average molecular weight is 652 g/mol. The number of pyridine rings is 1. The highest BCUT2D eigenvalue weighted by Gasteiger charge is 2.34. The molecule has 0 aliphatic heterocycles. The standard InChI is InChI=1S/C33H32F3N5O6/c1-18-14-21-7-9-24(40-41(21)28(18)20-15-23(33(34,35)36)31(37)39-17-20)19-6-10-25(27(16-19)44-3)47-13-12-38-32(42)22-8-11-26(43-2)30(46-5)29(22)45-4/h6-11,14-17H,12-13H2,1-5H3,(H2,37,39)(H,38,42). The SMILES string of the molecule is COc1cc(-c2ccc3cc(C)c(-c4cnc(N)c(C(F)(F)F)c4)n3n2)ccc1OCCNC(=O)c1ccc(OC)c(OC)c1OC. The van der Waals surface area contributed by atoms with E-state index in [1.165, 1.54) is 34.6 Å². The van der Waals surface area contributed by atoms with E-state index < -0.39 is 17.6 Å². The molecule has 5 rings (SSSR count). The largest absolute Gasteiger partial charge is 0.493 e. The molecule has 0 atom stereocenters. The molecule has 0 radical (unpaired) electrons. The van der Waals surface area contributed by atoms with Crippen molar-refractivity contribution in [3.63, 3.8) is 0 Å². The van der Waals surface area contributed by atoms with Gasteiger partial charge in [-0.15, -0.1) is 0 Å². The van der Waals surface area contributed by atoms with Crippen molar-refractivity contribution in [2.24, 2.45) is 0 Å². The zero-order valence-electron chi connectivity index (χ0n) is 26.2. The van der Waals surface area contributed by atoms with Gasteiger partial charge in [0.15, 0.2) is 23.0 Å². The van der Waals surface area contributed by atoms with Crippen molar-refractivity contribution in [3.05, 3.63) is 77.5 Å². The van der Waals surface area contributed by atoms with Crippen LogP contribution in [0.3, 0.4) is 0 Å². The number of hydrogen-bond acceptors (Lipinski definition) is 9. The fourth-order valence-electron chi connectivity index (χ4n) is 5.16. The third-order valence-corrected chi connectivity index (χ3v) is 7.36. The summed E-state index contributed by atoms with van der Waals surface area (Å²) < 4.78 is 69.7. The van der Waals surface area contributed by atoms with E-state index in [0.29, 0.717) is 51.0 Å². The number of aryl methyl sites for hydroxylation is 1. The third-order valence-electron chi connectivity index (χ3n) is 7.36. The van der Waals surface area contributed by atoms with Crippen LogP contribution in [0.15, 0.2) is 60.8 Å². The number of alkyl halides is 3. The Labute approximate surface area is 268 Å². The number of aromatic nitrogens is 3. The number of nitrogen functional groups attached to an aromatic ring is 1. The topological polar surface area (TPSA) is 131 Å². The van der Waals surface area contributed by atoms with Crippen molar-refractivity contribution in [2.75, 3.05) is 47.3 Å². The number of ether oxygens (including phenoxy) is 5. The van der Waals surface area contributed by atoms with E-state index in [1.54, 1.807) is 47.8 Å². The lowest BCUT2D eigenvalue weighted by Crippen LogP contribution is -2.28. The predicted molar refractivity (Wildman–Crippen MR) is 168 cm³/mol. The second-order valence-corrected chi connectivity index (χ2v) is 10.2. The number of amides is 1. The van der Waals surface area contributed by atoms with Gasteiger partial charge in [0.25, 0.3) is 5.91 Å². The molecule has 3 heterocycles. The van der Waals surface area contributed by atoms with Crippen molar-refractivity contribution < 1.29 is 41.7 Å². The number of anilines is 1. The summed E-state index contributed by atoms with van der Waals surface area (Å²) >= 11 is 0. The molecule has 5 aromatic rings. The van der Waals surface area contributed by atoms with E-state index in [2.05, 4.69) is 10.3 Å². The molecule has 246 valence electrons. The van der Waals surface area contributed by atoms with Crippen LogP contribution in [-0.2, 0) is 6.18 Å². The van der Waals surface area contributed by atoms with E-state index in [4.69, 9.17) is 34.5 Å². The molecule has 0 aliphatic carbocycles. The van der Waals surface area contributed by atoms with Crippen LogP contribution in [-0.4, -0.2) is 62.1 Å². The molecule has 0 saturated heterocycles. The molecule has 14 heteroatoms. The van der Waals surface area contributed by atoms with Gasteiger partial charge in [-0.1, -0.05) is 0 Å². The molecule has 3 N–H and O–H groups in total. The third kappa shape index (κ3) is 6.52. The first-order chi connectivity index (χ1) is 22.5. The molecule has 47 heavy (non-hydrogen) atoms. The zero-order valence-corrected chi connectivity index (χ0v) is 26.2. The van der Waals surface area contributed by atoms with Crippen LogP contribution in [0.25, 0.3) is 28.0 Å². The van der Waals surface area contributed by atoms with E-state index in [-0.39, 0.29) is 35.9 Å². The van der Waals surface area contributed by atoms with Gasteiger partial charge in [0.05, 0.1) is 63.0 Å². The lowest BCUT2D eigenvalue weighted by molar-refractivity contribution is -0.137. The molecular formula is C33H32F3N5O6. The van der Waals surface area contributed by atoms with Crippen molar-refractivity contribution >= 4 is 17.2 Å². The lowest BCUT2D eigenvalue weighted by atomic mass is 10.1. The predicted octanol–water partition coefficient (Wildman–Crippen LogP) is 5.82. The Morgan fingerprint density at radius 1 is 0.872 bits per heavy atom.